The average molecular weight is 173 g/mol. The number of nitrogens with two attached hydrogens (primary N) is 1. The first-order valence-electron chi connectivity index (χ1n) is 2.70. The van der Waals surface area contributed by atoms with Gasteiger partial charge in [-0.1, -0.05) is 0 Å². The van der Waals surface area contributed by atoms with Crippen molar-refractivity contribution in [2.75, 3.05) is 5.73 Å². The van der Waals surface area contributed by atoms with Gasteiger partial charge in [0.2, 0.25) is 0 Å². The van der Waals surface area contributed by atoms with Gasteiger partial charge in [0.05, 0.1) is 0 Å². The summed E-state index contributed by atoms with van der Waals surface area (Å²) in [4.78, 5) is 0.666. The Morgan fingerprint density at radius 1 is 1.30 bits per heavy atom. The first kappa shape index (κ1) is 7.50. The van der Waals surface area contributed by atoms with Gasteiger partial charge in [0.1, 0.15) is 0 Å². The van der Waals surface area contributed by atoms with Crippen LogP contribution in [0, 0.1) is 0 Å². The number of hydrogen-bond donors (Lipinski definition) is 2. The van der Waals surface area contributed by atoms with Gasteiger partial charge < -0.3 is 5.73 Å². The van der Waals surface area contributed by atoms with Crippen molar-refractivity contribution in [3.8, 4) is 0 Å². The van der Waals surface area contributed by atoms with Crippen LogP contribution in [0.25, 0.3) is 0 Å². The van der Waals surface area contributed by atoms with E-state index in [-0.39, 0.29) is 0 Å². The zero-order valence-electron chi connectivity index (χ0n) is 5.15. The lowest BCUT2D eigenvalue weighted by molar-refractivity contribution is 0.693. The first-order chi connectivity index (χ1) is 4.70. The Balaban J connectivity index is 3.12. The van der Waals surface area contributed by atoms with Crippen LogP contribution in [-0.2, 0) is 20.5 Å². The van der Waals surface area contributed by atoms with Crippen LogP contribution >= 0.6 is 0 Å². The van der Waals surface area contributed by atoms with Crippen molar-refractivity contribution in [3.63, 3.8) is 0 Å². The molecule has 0 fully saturated rings. The molecule has 0 amide bonds. The van der Waals surface area contributed by atoms with Crippen molar-refractivity contribution in [2.24, 2.45) is 0 Å². The van der Waals surface area contributed by atoms with E-state index in [1.807, 2.05) is 0 Å². The van der Waals surface area contributed by atoms with Crippen LogP contribution in [0.4, 0.5) is 5.69 Å². The van der Waals surface area contributed by atoms with Gasteiger partial charge in [0.25, 0.3) is 0 Å². The van der Waals surface area contributed by atoms with E-state index >= 15 is 0 Å². The Morgan fingerprint density at radius 2 is 1.80 bits per heavy atom. The molecule has 1 atom stereocenters. The number of benzene rings is 1. The van der Waals surface area contributed by atoms with Crippen molar-refractivity contribution in [1.82, 2.24) is 0 Å². The van der Waals surface area contributed by atoms with Crippen molar-refractivity contribution in [2.45, 2.75) is 4.90 Å². The molecule has 1 aromatic carbocycles. The van der Waals surface area contributed by atoms with Crippen LogP contribution in [0.1, 0.15) is 0 Å². The summed E-state index contributed by atoms with van der Waals surface area (Å²) in [5.74, 6) is 0. The standard InChI is InChI=1S/C6H7NOS2/c7-5-1-3-6(4-2-5)10(8)9/h1-4,10H,7H2. The third-order valence-corrected chi connectivity index (χ3v) is 2.46. The fourth-order valence-corrected chi connectivity index (χ4v) is 1.35. The summed E-state index contributed by atoms with van der Waals surface area (Å²) in [5, 5.41) is 0. The lowest BCUT2D eigenvalue weighted by Crippen LogP contribution is -1.84. The van der Waals surface area contributed by atoms with Crippen LogP contribution in [0.3, 0.4) is 0 Å². The highest BCUT2D eigenvalue weighted by atomic mass is 32.8. The lowest BCUT2D eigenvalue weighted by Gasteiger charge is -1.91. The minimum atomic E-state index is -1.63. The third-order valence-electron chi connectivity index (χ3n) is 1.10. The van der Waals surface area contributed by atoms with Crippen molar-refractivity contribution in [3.05, 3.63) is 24.3 Å². The quantitative estimate of drug-likeness (QED) is 0.482. The van der Waals surface area contributed by atoms with Gasteiger partial charge in [-0.25, -0.2) is 0 Å². The second-order valence-corrected chi connectivity index (χ2v) is 3.87. The number of anilines is 1. The van der Waals surface area contributed by atoms with Gasteiger partial charge in [-0.15, -0.1) is 0 Å². The topological polar surface area (TPSA) is 43.1 Å². The Labute approximate surface area is 65.8 Å². The van der Waals surface area contributed by atoms with E-state index in [0.717, 1.165) is 0 Å². The van der Waals surface area contributed by atoms with E-state index in [0.29, 0.717) is 10.6 Å². The number of thiol groups is 1. The molecule has 54 valence electrons. The molecule has 0 radical (unpaired) electrons. The van der Waals surface area contributed by atoms with Crippen molar-refractivity contribution < 1.29 is 4.21 Å². The molecular weight excluding hydrogens is 166 g/mol. The second kappa shape index (κ2) is 2.98. The number of hydrogen-bond acceptors (Lipinski definition) is 3. The van der Waals surface area contributed by atoms with E-state index in [4.69, 9.17) is 5.73 Å². The maximum Gasteiger partial charge on any atom is 0.0480 e. The van der Waals surface area contributed by atoms with Crippen molar-refractivity contribution >= 4 is 26.2 Å². The van der Waals surface area contributed by atoms with Gasteiger partial charge in [0.15, 0.2) is 0 Å². The highest BCUT2D eigenvalue weighted by molar-refractivity contribution is 8.21. The van der Waals surface area contributed by atoms with Gasteiger partial charge in [-0.2, -0.15) is 0 Å². The molecule has 0 saturated heterocycles. The molecule has 1 unspecified atom stereocenters. The fourth-order valence-electron chi connectivity index (χ4n) is 0.596. The summed E-state index contributed by atoms with van der Waals surface area (Å²) < 4.78 is 10.7. The van der Waals surface area contributed by atoms with E-state index in [1.165, 1.54) is 0 Å². The molecular formula is C6H7NOS2. The maximum absolute atomic E-state index is 10.7. The summed E-state index contributed by atoms with van der Waals surface area (Å²) in [5.41, 5.74) is 6.06. The third kappa shape index (κ3) is 1.68. The Morgan fingerprint density at radius 3 is 2.20 bits per heavy atom. The molecule has 0 saturated carbocycles. The lowest BCUT2D eigenvalue weighted by atomic mass is 10.3. The second-order valence-electron chi connectivity index (χ2n) is 1.85. The summed E-state index contributed by atoms with van der Waals surface area (Å²) in [7, 11) is -1.63. The molecule has 0 aliphatic carbocycles. The predicted molar refractivity (Wildman–Crippen MR) is 46.0 cm³/mol. The summed E-state index contributed by atoms with van der Waals surface area (Å²) in [6.45, 7) is 0. The van der Waals surface area contributed by atoms with Crippen LogP contribution in [0.5, 0.6) is 0 Å². The zero-order valence-corrected chi connectivity index (χ0v) is 6.86. The SMILES string of the molecule is Nc1ccc([SH](=O)=S)cc1. The fraction of sp³-hybridized carbons (Fsp3) is 0. The molecule has 2 nitrogen and oxygen atoms in total. The highest BCUT2D eigenvalue weighted by Gasteiger charge is 1.88. The summed E-state index contributed by atoms with van der Waals surface area (Å²) >= 11 is 4.56. The predicted octanol–water partition coefficient (Wildman–Crippen LogP) is 0.571. The van der Waals surface area contributed by atoms with Gasteiger partial charge in [-0.3, -0.25) is 4.21 Å². The normalized spacial score (nSPS) is 12.8. The first-order valence-corrected chi connectivity index (χ1v) is 4.97. The van der Waals surface area contributed by atoms with E-state index in [1.54, 1.807) is 24.3 Å². The summed E-state index contributed by atoms with van der Waals surface area (Å²) in [6.07, 6.45) is 0. The maximum atomic E-state index is 10.7. The smallest absolute Gasteiger partial charge is 0.0480 e. The molecule has 0 bridgehead atoms. The van der Waals surface area contributed by atoms with Crippen LogP contribution in [-0.4, -0.2) is 4.21 Å². The Kier molecular flexibility index (Phi) is 2.24. The van der Waals surface area contributed by atoms with Gasteiger partial charge in [0, 0.05) is 19.9 Å². The van der Waals surface area contributed by atoms with Crippen LogP contribution < -0.4 is 5.73 Å². The average Bonchev–Trinajstić information content (AvgIpc) is 1.88. The summed E-state index contributed by atoms with van der Waals surface area (Å²) in [6, 6.07) is 6.74. The Hall–Kier alpha value is -0.610. The number of rotatable bonds is 1. The molecule has 4 heteroatoms. The van der Waals surface area contributed by atoms with E-state index < -0.39 is 9.36 Å². The largest absolute Gasteiger partial charge is 0.399 e. The molecule has 0 aliphatic rings. The monoisotopic (exact) mass is 173 g/mol. The molecule has 0 spiro atoms. The van der Waals surface area contributed by atoms with E-state index in [2.05, 4.69) is 11.2 Å². The molecule has 10 heavy (non-hydrogen) atoms. The van der Waals surface area contributed by atoms with E-state index in [9.17, 15) is 4.21 Å². The minimum absolute atomic E-state index is 0.663. The molecule has 1 aromatic rings. The van der Waals surface area contributed by atoms with Gasteiger partial charge in [-0.05, 0) is 35.5 Å². The molecule has 1 rings (SSSR count). The van der Waals surface area contributed by atoms with Gasteiger partial charge >= 0.3 is 0 Å². The number of nitrogen functional groups attached to an aromatic ring is 1. The zero-order chi connectivity index (χ0) is 7.56. The molecule has 0 heterocycles. The minimum Gasteiger partial charge on any atom is -0.399 e. The highest BCUT2D eigenvalue weighted by Crippen LogP contribution is 2.05. The molecule has 2 N–H and O–H groups in total. The molecule has 0 aromatic heterocycles. The Bertz CT molecular complexity index is 281. The molecule has 0 aliphatic heterocycles. The van der Waals surface area contributed by atoms with Crippen LogP contribution in [0.15, 0.2) is 29.2 Å². The van der Waals surface area contributed by atoms with Crippen molar-refractivity contribution in [1.29, 1.82) is 0 Å². The van der Waals surface area contributed by atoms with Crippen LogP contribution in [0.2, 0.25) is 0 Å².